The number of halogens is 4. The first-order chi connectivity index (χ1) is 9.85. The van der Waals surface area contributed by atoms with E-state index in [0.29, 0.717) is 18.0 Å². The zero-order chi connectivity index (χ0) is 15.5. The van der Waals surface area contributed by atoms with Crippen molar-refractivity contribution in [3.05, 3.63) is 29.8 Å². The standard InChI is InChI=1S/C14H17F3N2O2.ClH/c15-14(16,17)8-21-11-5-3-10(4-6-11)13(20)19-7-12(18)9-1-2-9;/h3-6,9,12H,1-2,7-8,18H2,(H,19,20);1H. The molecule has 0 aromatic heterocycles. The van der Waals surface area contributed by atoms with E-state index in [1.165, 1.54) is 24.3 Å². The van der Waals surface area contributed by atoms with Crippen molar-refractivity contribution in [2.45, 2.75) is 25.1 Å². The van der Waals surface area contributed by atoms with Crippen molar-refractivity contribution >= 4 is 18.3 Å². The average molecular weight is 339 g/mol. The summed E-state index contributed by atoms with van der Waals surface area (Å²) in [4.78, 5) is 11.8. The van der Waals surface area contributed by atoms with Gasteiger partial charge in [0.25, 0.3) is 5.91 Å². The van der Waals surface area contributed by atoms with Crippen LogP contribution in [-0.2, 0) is 0 Å². The number of amides is 1. The van der Waals surface area contributed by atoms with Crippen LogP contribution in [0.4, 0.5) is 13.2 Å². The predicted octanol–water partition coefficient (Wildman–Crippen LogP) is 2.52. The molecule has 1 amide bonds. The Labute approximate surface area is 132 Å². The van der Waals surface area contributed by atoms with Gasteiger partial charge in [0.05, 0.1) is 0 Å². The normalized spacial score (nSPS) is 15.6. The highest BCUT2D eigenvalue weighted by atomic mass is 35.5. The van der Waals surface area contributed by atoms with Gasteiger partial charge >= 0.3 is 6.18 Å². The van der Waals surface area contributed by atoms with E-state index in [-0.39, 0.29) is 30.1 Å². The number of carbonyl (C=O) groups excluding carboxylic acids is 1. The molecule has 0 saturated heterocycles. The van der Waals surface area contributed by atoms with Crippen molar-refractivity contribution in [1.29, 1.82) is 0 Å². The van der Waals surface area contributed by atoms with Crippen LogP contribution in [0.5, 0.6) is 5.75 Å². The topological polar surface area (TPSA) is 64.3 Å². The maximum absolute atomic E-state index is 12.0. The smallest absolute Gasteiger partial charge is 0.422 e. The molecule has 1 atom stereocenters. The summed E-state index contributed by atoms with van der Waals surface area (Å²) in [6.07, 6.45) is -2.18. The molecule has 1 fully saturated rings. The molecule has 0 aliphatic heterocycles. The Morgan fingerprint density at radius 1 is 1.32 bits per heavy atom. The molecule has 0 spiro atoms. The van der Waals surface area contributed by atoms with Gasteiger partial charge in [0, 0.05) is 18.2 Å². The molecule has 1 aliphatic rings. The summed E-state index contributed by atoms with van der Waals surface area (Å²) in [5.74, 6) is 0.260. The van der Waals surface area contributed by atoms with Gasteiger partial charge in [-0.15, -0.1) is 12.4 Å². The molecule has 8 heteroatoms. The molecule has 4 nitrogen and oxygen atoms in total. The van der Waals surface area contributed by atoms with Crippen LogP contribution in [0.3, 0.4) is 0 Å². The Kier molecular flexibility index (Phi) is 6.49. The van der Waals surface area contributed by atoms with Crippen LogP contribution < -0.4 is 15.8 Å². The highest BCUT2D eigenvalue weighted by Crippen LogP contribution is 2.31. The van der Waals surface area contributed by atoms with Crippen molar-refractivity contribution in [2.24, 2.45) is 11.7 Å². The molecular formula is C14H18ClF3N2O2. The highest BCUT2D eigenvalue weighted by Gasteiger charge is 2.29. The van der Waals surface area contributed by atoms with E-state index in [4.69, 9.17) is 5.73 Å². The lowest BCUT2D eigenvalue weighted by Crippen LogP contribution is -2.38. The fourth-order valence-electron chi connectivity index (χ4n) is 1.87. The summed E-state index contributed by atoms with van der Waals surface area (Å²) >= 11 is 0. The Morgan fingerprint density at radius 3 is 2.41 bits per heavy atom. The van der Waals surface area contributed by atoms with E-state index in [1.807, 2.05) is 0 Å². The molecule has 124 valence electrons. The maximum atomic E-state index is 12.0. The molecule has 3 N–H and O–H groups in total. The molecule has 22 heavy (non-hydrogen) atoms. The van der Waals surface area contributed by atoms with Gasteiger partial charge in [0.2, 0.25) is 0 Å². The third-order valence-corrected chi connectivity index (χ3v) is 3.24. The van der Waals surface area contributed by atoms with Crippen LogP contribution in [0.25, 0.3) is 0 Å². The second-order valence-electron chi connectivity index (χ2n) is 5.14. The van der Waals surface area contributed by atoms with E-state index in [2.05, 4.69) is 10.1 Å². The summed E-state index contributed by atoms with van der Waals surface area (Å²) < 4.78 is 40.5. The fraction of sp³-hybridized carbons (Fsp3) is 0.500. The number of nitrogens with two attached hydrogens (primary N) is 1. The molecule has 0 heterocycles. The van der Waals surface area contributed by atoms with E-state index in [9.17, 15) is 18.0 Å². The SMILES string of the molecule is Cl.NC(CNC(=O)c1ccc(OCC(F)(F)F)cc1)C1CC1. The second-order valence-corrected chi connectivity index (χ2v) is 5.14. The Morgan fingerprint density at radius 2 is 1.91 bits per heavy atom. The number of nitrogens with one attached hydrogen (secondary N) is 1. The van der Waals surface area contributed by atoms with E-state index < -0.39 is 12.8 Å². The van der Waals surface area contributed by atoms with Gasteiger partial charge in [-0.25, -0.2) is 0 Å². The van der Waals surface area contributed by atoms with Gasteiger partial charge in [0.1, 0.15) is 5.75 Å². The van der Waals surface area contributed by atoms with Crippen LogP contribution in [0.2, 0.25) is 0 Å². The van der Waals surface area contributed by atoms with Crippen LogP contribution in [0, 0.1) is 5.92 Å². The summed E-state index contributed by atoms with van der Waals surface area (Å²) in [7, 11) is 0. The van der Waals surface area contributed by atoms with Crippen molar-refractivity contribution in [2.75, 3.05) is 13.2 Å². The van der Waals surface area contributed by atoms with Gasteiger partial charge in [0.15, 0.2) is 6.61 Å². The van der Waals surface area contributed by atoms with E-state index >= 15 is 0 Å². The molecule has 1 unspecified atom stereocenters. The summed E-state index contributed by atoms with van der Waals surface area (Å²) in [6, 6.07) is 5.47. The fourth-order valence-corrected chi connectivity index (χ4v) is 1.87. The lowest BCUT2D eigenvalue weighted by molar-refractivity contribution is -0.153. The van der Waals surface area contributed by atoms with Crippen LogP contribution >= 0.6 is 12.4 Å². The van der Waals surface area contributed by atoms with E-state index in [1.54, 1.807) is 0 Å². The minimum Gasteiger partial charge on any atom is -0.484 e. The summed E-state index contributed by atoms with van der Waals surface area (Å²) in [5.41, 5.74) is 6.23. The number of hydrogen-bond acceptors (Lipinski definition) is 3. The molecule has 2 rings (SSSR count). The maximum Gasteiger partial charge on any atom is 0.422 e. The Bertz CT molecular complexity index is 490. The zero-order valence-corrected chi connectivity index (χ0v) is 12.5. The van der Waals surface area contributed by atoms with Crippen molar-refractivity contribution < 1.29 is 22.7 Å². The lowest BCUT2D eigenvalue weighted by Gasteiger charge is -2.12. The monoisotopic (exact) mass is 338 g/mol. The number of carbonyl (C=O) groups is 1. The second kappa shape index (κ2) is 7.69. The lowest BCUT2D eigenvalue weighted by atomic mass is 10.1. The van der Waals surface area contributed by atoms with Gasteiger partial charge in [-0.1, -0.05) is 0 Å². The van der Waals surface area contributed by atoms with Crippen LogP contribution in [0.15, 0.2) is 24.3 Å². The van der Waals surface area contributed by atoms with Crippen LogP contribution in [0.1, 0.15) is 23.2 Å². The Hall–Kier alpha value is -1.47. The third kappa shape index (κ3) is 6.11. The van der Waals surface area contributed by atoms with Crippen molar-refractivity contribution in [3.8, 4) is 5.75 Å². The first-order valence-corrected chi connectivity index (χ1v) is 6.68. The largest absolute Gasteiger partial charge is 0.484 e. The van der Waals surface area contributed by atoms with Crippen LogP contribution in [-0.4, -0.2) is 31.3 Å². The molecule has 0 radical (unpaired) electrons. The van der Waals surface area contributed by atoms with Gasteiger partial charge in [-0.2, -0.15) is 13.2 Å². The summed E-state index contributed by atoms with van der Waals surface area (Å²) in [5, 5.41) is 2.71. The number of rotatable bonds is 6. The third-order valence-electron chi connectivity index (χ3n) is 3.24. The molecule has 1 aliphatic carbocycles. The average Bonchev–Trinajstić information content (AvgIpc) is 3.26. The Balaban J connectivity index is 0.00000242. The minimum absolute atomic E-state index is 0. The molecule has 1 saturated carbocycles. The van der Waals surface area contributed by atoms with Gasteiger partial charge < -0.3 is 15.8 Å². The first kappa shape index (κ1) is 18.6. The quantitative estimate of drug-likeness (QED) is 0.837. The van der Waals surface area contributed by atoms with Crippen molar-refractivity contribution in [3.63, 3.8) is 0 Å². The molecular weight excluding hydrogens is 321 g/mol. The highest BCUT2D eigenvalue weighted by molar-refractivity contribution is 5.94. The number of benzene rings is 1. The van der Waals surface area contributed by atoms with E-state index in [0.717, 1.165) is 12.8 Å². The number of alkyl halides is 3. The molecule has 0 bridgehead atoms. The first-order valence-electron chi connectivity index (χ1n) is 6.68. The molecule has 1 aromatic rings. The number of ether oxygens (including phenoxy) is 1. The zero-order valence-electron chi connectivity index (χ0n) is 11.7. The minimum atomic E-state index is -4.38. The van der Waals surface area contributed by atoms with Crippen molar-refractivity contribution in [1.82, 2.24) is 5.32 Å². The van der Waals surface area contributed by atoms with Gasteiger partial charge in [-0.3, -0.25) is 4.79 Å². The summed E-state index contributed by atoms with van der Waals surface area (Å²) in [6.45, 7) is -0.954. The number of hydrogen-bond donors (Lipinski definition) is 2. The predicted molar refractivity (Wildman–Crippen MR) is 78.3 cm³/mol. The van der Waals surface area contributed by atoms with Gasteiger partial charge in [-0.05, 0) is 43.0 Å². The molecule has 1 aromatic carbocycles.